The number of hydrogen-bond acceptors (Lipinski definition) is 9. The van der Waals surface area contributed by atoms with E-state index in [2.05, 4.69) is 10.6 Å². The van der Waals surface area contributed by atoms with E-state index < -0.39 is 97.4 Å². The zero-order valence-corrected chi connectivity index (χ0v) is 17.6. The zero-order chi connectivity index (χ0) is 25.9. The third-order valence-electron chi connectivity index (χ3n) is 4.12. The number of rotatable bonds is 15. The summed E-state index contributed by atoms with van der Waals surface area (Å²) >= 11 is 0. The molecule has 0 fully saturated rings. The van der Waals surface area contributed by atoms with Gasteiger partial charge >= 0.3 is 11.9 Å². The summed E-state index contributed by atoms with van der Waals surface area (Å²) in [6.45, 7) is 1.08. The Morgan fingerprint density at radius 2 is 1.27 bits per heavy atom. The zero-order valence-electron chi connectivity index (χ0n) is 17.6. The monoisotopic (exact) mass is 476 g/mol. The van der Waals surface area contributed by atoms with Gasteiger partial charge in [0, 0.05) is 6.42 Å². The summed E-state index contributed by atoms with van der Waals surface area (Å²) in [7, 11) is 0. The van der Waals surface area contributed by atoms with Crippen LogP contribution in [0.25, 0.3) is 0 Å². The van der Waals surface area contributed by atoms with Gasteiger partial charge in [0.25, 0.3) is 0 Å². The second kappa shape index (κ2) is 13.6. The molecule has 0 aliphatic rings. The fourth-order valence-corrected chi connectivity index (χ4v) is 2.45. The van der Waals surface area contributed by atoms with Gasteiger partial charge in [-0.15, -0.1) is 0 Å². The minimum Gasteiger partial charge on any atom is -0.481 e. The molecule has 0 aromatic heterocycles. The van der Waals surface area contributed by atoms with E-state index in [1.54, 1.807) is 0 Å². The lowest BCUT2D eigenvalue weighted by Gasteiger charge is -2.25. The van der Waals surface area contributed by atoms with E-state index in [1.807, 2.05) is 5.32 Å². The van der Waals surface area contributed by atoms with E-state index >= 15 is 0 Å². The number of hydrogen-bond donors (Lipinski definition) is 9. The molecular formula is C17H28N6O10. The first kappa shape index (κ1) is 29.2. The summed E-state index contributed by atoms with van der Waals surface area (Å²) in [6.07, 6.45) is -3.96. The maximum atomic E-state index is 12.6. The second-order valence-corrected chi connectivity index (χ2v) is 7.07. The van der Waals surface area contributed by atoms with Gasteiger partial charge in [-0.05, 0) is 13.3 Å². The molecule has 5 atom stereocenters. The number of nitrogens with one attached hydrogen (secondary N) is 3. The van der Waals surface area contributed by atoms with Crippen molar-refractivity contribution >= 4 is 41.5 Å². The van der Waals surface area contributed by atoms with Crippen LogP contribution in [0.1, 0.15) is 32.6 Å². The summed E-state index contributed by atoms with van der Waals surface area (Å²) in [5.41, 5.74) is 15.5. The van der Waals surface area contributed by atoms with Crippen molar-refractivity contribution < 1.29 is 48.9 Å². The van der Waals surface area contributed by atoms with Crippen LogP contribution in [0.15, 0.2) is 0 Å². The Hall–Kier alpha value is -3.79. The van der Waals surface area contributed by atoms with Crippen LogP contribution < -0.4 is 33.2 Å². The second-order valence-electron chi connectivity index (χ2n) is 7.07. The summed E-state index contributed by atoms with van der Waals surface area (Å²) in [5, 5.41) is 33.5. The van der Waals surface area contributed by atoms with Crippen LogP contribution in [0, 0.1) is 0 Å². The molecule has 0 radical (unpaired) electrons. The molecule has 0 aliphatic heterocycles. The maximum Gasteiger partial charge on any atom is 0.328 e. The normalized spacial score (nSPS) is 15.1. The highest BCUT2D eigenvalue weighted by Crippen LogP contribution is 2.03. The average molecular weight is 476 g/mol. The predicted molar refractivity (Wildman–Crippen MR) is 108 cm³/mol. The van der Waals surface area contributed by atoms with Gasteiger partial charge in [-0.2, -0.15) is 0 Å². The first-order valence-electron chi connectivity index (χ1n) is 9.51. The van der Waals surface area contributed by atoms with Gasteiger partial charge < -0.3 is 48.5 Å². The minimum absolute atomic E-state index is 0.466. The summed E-state index contributed by atoms with van der Waals surface area (Å²) in [6, 6.07) is -6.52. The minimum atomic E-state index is -1.78. The van der Waals surface area contributed by atoms with Crippen LogP contribution in [0.3, 0.4) is 0 Å². The van der Waals surface area contributed by atoms with E-state index in [-0.39, 0.29) is 0 Å². The number of aliphatic carboxylic acids is 2. The largest absolute Gasteiger partial charge is 0.481 e. The number of amides is 5. The Morgan fingerprint density at radius 3 is 1.70 bits per heavy atom. The average Bonchev–Trinajstić information content (AvgIpc) is 2.66. The van der Waals surface area contributed by atoms with Crippen molar-refractivity contribution in [2.45, 2.75) is 62.9 Å². The third kappa shape index (κ3) is 11.4. The molecule has 0 saturated carbocycles. The van der Waals surface area contributed by atoms with Gasteiger partial charge in [0.2, 0.25) is 29.5 Å². The van der Waals surface area contributed by atoms with Crippen LogP contribution in [-0.2, 0) is 33.6 Å². The van der Waals surface area contributed by atoms with Crippen LogP contribution in [0.2, 0.25) is 0 Å². The molecule has 186 valence electrons. The highest BCUT2D eigenvalue weighted by atomic mass is 16.4. The standard InChI is InChI=1S/C17H28N6O10/c1-6(24)13(17(32)33)23-16(31)9(5-11(20)26)22-15(30)8(2-3-12(27)28)21-14(29)7(18)4-10(19)25/h6-9,13,24H,2-5,18H2,1H3,(H2,19,25)(H2,20,26)(H,21,29)(H,22,30)(H,23,31)(H,27,28)(H,32,33). The van der Waals surface area contributed by atoms with Gasteiger partial charge in [0.15, 0.2) is 6.04 Å². The molecule has 0 heterocycles. The lowest BCUT2D eigenvalue weighted by molar-refractivity contribution is -0.145. The molecule has 0 spiro atoms. The molecule has 12 N–H and O–H groups in total. The third-order valence-corrected chi connectivity index (χ3v) is 4.12. The number of nitrogens with two attached hydrogens (primary N) is 3. The van der Waals surface area contributed by atoms with Crippen molar-refractivity contribution in [3.05, 3.63) is 0 Å². The van der Waals surface area contributed by atoms with Crippen molar-refractivity contribution in [1.29, 1.82) is 0 Å². The van der Waals surface area contributed by atoms with Gasteiger partial charge in [-0.25, -0.2) is 4.79 Å². The number of carboxylic acid groups (broad SMARTS) is 2. The van der Waals surface area contributed by atoms with Gasteiger partial charge in [-0.1, -0.05) is 0 Å². The van der Waals surface area contributed by atoms with Crippen LogP contribution in [0.5, 0.6) is 0 Å². The van der Waals surface area contributed by atoms with Crippen molar-refractivity contribution in [2.75, 3.05) is 0 Å². The molecule has 0 aliphatic carbocycles. The SMILES string of the molecule is CC(O)C(NC(=O)C(CC(N)=O)NC(=O)C(CCC(=O)O)NC(=O)C(N)CC(N)=O)C(=O)O. The molecule has 16 nitrogen and oxygen atoms in total. The molecule has 5 unspecified atom stereocenters. The molecule has 5 amide bonds. The van der Waals surface area contributed by atoms with Gasteiger partial charge in [0.05, 0.1) is 25.0 Å². The molecule has 0 bridgehead atoms. The Balaban J connectivity index is 5.60. The van der Waals surface area contributed by atoms with Crippen LogP contribution in [-0.4, -0.2) is 87.1 Å². The Bertz CT molecular complexity index is 786. The first-order valence-corrected chi connectivity index (χ1v) is 9.51. The molecule has 0 aromatic rings. The van der Waals surface area contributed by atoms with Crippen molar-refractivity contribution in [2.24, 2.45) is 17.2 Å². The van der Waals surface area contributed by atoms with E-state index in [4.69, 9.17) is 27.4 Å². The number of aliphatic hydroxyl groups is 1. The van der Waals surface area contributed by atoms with Crippen LogP contribution in [0.4, 0.5) is 0 Å². The smallest absolute Gasteiger partial charge is 0.328 e. The van der Waals surface area contributed by atoms with Gasteiger partial charge in [-0.3, -0.25) is 28.8 Å². The Kier molecular flexibility index (Phi) is 12.0. The number of carbonyl (C=O) groups is 7. The molecule has 0 rings (SSSR count). The van der Waals surface area contributed by atoms with E-state index in [1.165, 1.54) is 0 Å². The van der Waals surface area contributed by atoms with E-state index in [0.717, 1.165) is 6.92 Å². The molecular weight excluding hydrogens is 448 g/mol. The fourth-order valence-electron chi connectivity index (χ4n) is 2.45. The number of carboxylic acids is 2. The lowest BCUT2D eigenvalue weighted by atomic mass is 10.1. The summed E-state index contributed by atoms with van der Waals surface area (Å²) in [4.78, 5) is 81.4. The molecule has 16 heteroatoms. The Labute approximate surface area is 187 Å². The molecule has 0 saturated heterocycles. The van der Waals surface area contributed by atoms with Crippen LogP contribution >= 0.6 is 0 Å². The lowest BCUT2D eigenvalue weighted by Crippen LogP contribution is -2.59. The summed E-state index contributed by atoms with van der Waals surface area (Å²) in [5.74, 6) is -8.23. The van der Waals surface area contributed by atoms with Gasteiger partial charge in [0.1, 0.15) is 12.1 Å². The first-order chi connectivity index (χ1) is 15.1. The molecule has 0 aromatic carbocycles. The topological polar surface area (TPSA) is 294 Å². The number of primary amides is 2. The fraction of sp³-hybridized carbons (Fsp3) is 0.588. The van der Waals surface area contributed by atoms with E-state index in [9.17, 15) is 38.7 Å². The highest BCUT2D eigenvalue weighted by molar-refractivity contribution is 5.96. The molecule has 33 heavy (non-hydrogen) atoms. The quantitative estimate of drug-likeness (QED) is 0.108. The number of carbonyl (C=O) groups excluding carboxylic acids is 5. The Morgan fingerprint density at radius 1 is 0.788 bits per heavy atom. The van der Waals surface area contributed by atoms with E-state index in [0.29, 0.717) is 0 Å². The predicted octanol–water partition coefficient (Wildman–Crippen LogP) is -5.15. The summed E-state index contributed by atoms with van der Waals surface area (Å²) < 4.78 is 0. The maximum absolute atomic E-state index is 12.6. The van der Waals surface area contributed by atoms with Crippen molar-refractivity contribution in [1.82, 2.24) is 16.0 Å². The van der Waals surface area contributed by atoms with Crippen molar-refractivity contribution in [3.63, 3.8) is 0 Å². The highest BCUT2D eigenvalue weighted by Gasteiger charge is 2.33. The van der Waals surface area contributed by atoms with Crippen molar-refractivity contribution in [3.8, 4) is 0 Å². The number of aliphatic hydroxyl groups excluding tert-OH is 1.